The molecule has 0 saturated heterocycles. The summed E-state index contributed by atoms with van der Waals surface area (Å²) < 4.78 is 0. The van der Waals surface area contributed by atoms with Gasteiger partial charge in [-0.25, -0.2) is 0 Å². The van der Waals surface area contributed by atoms with Crippen molar-refractivity contribution >= 4 is 11.9 Å². The molecular formula is C18H19NO2. The van der Waals surface area contributed by atoms with E-state index < -0.39 is 5.41 Å². The van der Waals surface area contributed by atoms with Gasteiger partial charge in [0.15, 0.2) is 5.78 Å². The van der Waals surface area contributed by atoms with E-state index in [1.54, 1.807) is 18.2 Å². The second kappa shape index (κ2) is 5.21. The molecule has 0 radical (unpaired) electrons. The first-order valence-electron chi connectivity index (χ1n) is 6.92. The second-order valence-electron chi connectivity index (χ2n) is 6.49. The number of phenols is 1. The summed E-state index contributed by atoms with van der Waals surface area (Å²) in [4.78, 5) is 12.1. The maximum Gasteiger partial charge on any atom is 0.178 e. The molecular weight excluding hydrogens is 262 g/mol. The summed E-state index contributed by atoms with van der Waals surface area (Å²) in [5, 5.41) is 18.4. The number of benzene rings is 1. The minimum Gasteiger partial charge on any atom is -0.508 e. The molecule has 2 rings (SSSR count). The highest BCUT2D eigenvalue weighted by molar-refractivity contribution is 6.03. The number of allylic oxidation sites excluding steroid dienone is 3. The molecule has 0 bridgehead atoms. The number of carbonyl (C=O) groups is 1. The van der Waals surface area contributed by atoms with E-state index in [1.807, 2.05) is 51.1 Å². The van der Waals surface area contributed by atoms with Crippen molar-refractivity contribution in [2.24, 2.45) is 10.8 Å². The van der Waals surface area contributed by atoms with E-state index in [0.29, 0.717) is 6.42 Å². The van der Waals surface area contributed by atoms with Crippen LogP contribution >= 0.6 is 0 Å². The first-order valence-corrected chi connectivity index (χ1v) is 6.92. The Kier molecular flexibility index (Phi) is 3.74. The van der Waals surface area contributed by atoms with Crippen molar-refractivity contribution in [3.05, 3.63) is 47.6 Å². The van der Waals surface area contributed by atoms with Gasteiger partial charge in [0.25, 0.3) is 0 Å². The Morgan fingerprint density at radius 2 is 1.86 bits per heavy atom. The molecule has 0 unspecified atom stereocenters. The fraction of sp³-hybridized carbons (Fsp3) is 0.333. The number of carbonyl (C=O) groups excluding carboxylic acids is 1. The van der Waals surface area contributed by atoms with E-state index in [-0.39, 0.29) is 22.5 Å². The van der Waals surface area contributed by atoms with Gasteiger partial charge in [0.05, 0.1) is 5.57 Å². The molecule has 0 heterocycles. The van der Waals surface area contributed by atoms with Crippen molar-refractivity contribution in [2.75, 3.05) is 0 Å². The van der Waals surface area contributed by atoms with Crippen LogP contribution in [-0.2, 0) is 4.79 Å². The van der Waals surface area contributed by atoms with Gasteiger partial charge in [0.2, 0.25) is 0 Å². The van der Waals surface area contributed by atoms with Crippen molar-refractivity contribution < 1.29 is 9.90 Å². The summed E-state index contributed by atoms with van der Waals surface area (Å²) in [6.07, 6.45) is 6.40. The molecule has 0 aromatic heterocycles. The highest BCUT2D eigenvalue weighted by Gasteiger charge is 2.41. The van der Waals surface area contributed by atoms with Crippen molar-refractivity contribution in [1.82, 2.24) is 0 Å². The second-order valence-corrected chi connectivity index (χ2v) is 6.49. The Balaban J connectivity index is 2.34. The number of nitrogens with zero attached hydrogens (tertiary/aromatic N) is 1. The maximum atomic E-state index is 12.1. The molecule has 0 amide bonds. The van der Waals surface area contributed by atoms with Gasteiger partial charge >= 0.3 is 0 Å². The van der Waals surface area contributed by atoms with E-state index in [4.69, 9.17) is 5.26 Å². The van der Waals surface area contributed by atoms with E-state index >= 15 is 0 Å². The van der Waals surface area contributed by atoms with Crippen molar-refractivity contribution in [3.63, 3.8) is 0 Å². The van der Waals surface area contributed by atoms with Crippen LogP contribution in [-0.4, -0.2) is 10.9 Å². The van der Waals surface area contributed by atoms with Crippen molar-refractivity contribution in [1.29, 1.82) is 5.26 Å². The Bertz CT molecular complexity index is 659. The number of nitriles is 1. The lowest BCUT2D eigenvalue weighted by Gasteiger charge is -2.37. The molecule has 1 aliphatic rings. The van der Waals surface area contributed by atoms with E-state index in [1.165, 1.54) is 0 Å². The molecule has 0 fully saturated rings. The minimum absolute atomic E-state index is 0.0829. The lowest BCUT2D eigenvalue weighted by atomic mass is 9.65. The van der Waals surface area contributed by atoms with Crippen molar-refractivity contribution in [3.8, 4) is 11.8 Å². The zero-order valence-corrected chi connectivity index (χ0v) is 12.6. The van der Waals surface area contributed by atoms with Crippen molar-refractivity contribution in [2.45, 2.75) is 27.2 Å². The number of phenolic OH excluding ortho intramolecular Hbond substituents is 1. The lowest BCUT2D eigenvalue weighted by molar-refractivity contribution is -0.124. The summed E-state index contributed by atoms with van der Waals surface area (Å²) >= 11 is 0. The van der Waals surface area contributed by atoms with Gasteiger partial charge in [-0.2, -0.15) is 5.26 Å². The van der Waals surface area contributed by atoms with Crippen LogP contribution in [0.4, 0.5) is 0 Å². The molecule has 0 saturated carbocycles. The highest BCUT2D eigenvalue weighted by atomic mass is 16.3. The number of hydrogen-bond acceptors (Lipinski definition) is 3. The van der Waals surface area contributed by atoms with Gasteiger partial charge in [-0.05, 0) is 24.1 Å². The Morgan fingerprint density at radius 1 is 1.24 bits per heavy atom. The first-order chi connectivity index (χ1) is 9.76. The number of hydrogen-bond donors (Lipinski definition) is 1. The molecule has 0 aliphatic heterocycles. The minimum atomic E-state index is -0.534. The lowest BCUT2D eigenvalue weighted by Crippen LogP contribution is -2.36. The smallest absolute Gasteiger partial charge is 0.178 e. The molecule has 3 nitrogen and oxygen atoms in total. The molecule has 21 heavy (non-hydrogen) atoms. The average molecular weight is 281 g/mol. The standard InChI is InChI=1S/C18H19NO2/c1-17(2)12-18(3,10-14(11-19)16(17)21)9-8-13-4-6-15(20)7-5-13/h4-10,20H,12H2,1-3H3/b9-8+/t18-/m0/s1. The number of ketones is 1. The molecule has 108 valence electrons. The van der Waals surface area contributed by atoms with E-state index in [0.717, 1.165) is 5.56 Å². The highest BCUT2D eigenvalue weighted by Crippen LogP contribution is 2.43. The van der Waals surface area contributed by atoms with Crippen LogP contribution in [0.2, 0.25) is 0 Å². The zero-order chi connectivity index (χ0) is 15.7. The van der Waals surface area contributed by atoms with E-state index in [9.17, 15) is 9.90 Å². The maximum absolute atomic E-state index is 12.1. The third-order valence-corrected chi connectivity index (χ3v) is 3.83. The summed E-state index contributed by atoms with van der Waals surface area (Å²) in [6, 6.07) is 8.92. The van der Waals surface area contributed by atoms with Gasteiger partial charge in [-0.15, -0.1) is 0 Å². The summed E-state index contributed by atoms with van der Waals surface area (Å²) in [5.74, 6) is 0.148. The van der Waals surface area contributed by atoms with Crippen LogP contribution in [0.5, 0.6) is 5.75 Å². The van der Waals surface area contributed by atoms with Crippen LogP contribution < -0.4 is 0 Å². The largest absolute Gasteiger partial charge is 0.508 e. The molecule has 3 heteroatoms. The van der Waals surface area contributed by atoms with Crippen LogP contribution in [0, 0.1) is 22.2 Å². The van der Waals surface area contributed by atoms with Gasteiger partial charge < -0.3 is 5.11 Å². The molecule has 1 aromatic rings. The molecule has 1 N–H and O–H groups in total. The quantitative estimate of drug-likeness (QED) is 0.895. The third kappa shape index (κ3) is 3.22. The summed E-state index contributed by atoms with van der Waals surface area (Å²) in [6.45, 7) is 5.79. The van der Waals surface area contributed by atoms with Crippen LogP contribution in [0.15, 0.2) is 42.0 Å². The summed E-state index contributed by atoms with van der Waals surface area (Å²) in [7, 11) is 0. The first kappa shape index (κ1) is 15.1. The summed E-state index contributed by atoms with van der Waals surface area (Å²) in [5.41, 5.74) is 0.341. The van der Waals surface area contributed by atoms with Crippen LogP contribution in [0.3, 0.4) is 0 Å². The molecule has 1 aromatic carbocycles. The normalized spacial score (nSPS) is 24.7. The monoisotopic (exact) mass is 281 g/mol. The van der Waals surface area contributed by atoms with Crippen LogP contribution in [0.25, 0.3) is 6.08 Å². The molecule has 1 atom stereocenters. The van der Waals surface area contributed by atoms with E-state index in [2.05, 4.69) is 0 Å². The Hall–Kier alpha value is -2.34. The van der Waals surface area contributed by atoms with Gasteiger partial charge in [0, 0.05) is 10.8 Å². The van der Waals surface area contributed by atoms with Gasteiger partial charge in [-0.1, -0.05) is 51.1 Å². The Morgan fingerprint density at radius 3 is 2.43 bits per heavy atom. The fourth-order valence-electron chi connectivity index (χ4n) is 2.91. The predicted octanol–water partition coefficient (Wildman–Crippen LogP) is 3.86. The SMILES string of the molecule is CC1(C)C[C@@](C)(/C=C/c2ccc(O)cc2)C=C(C#N)C1=O. The number of rotatable bonds is 2. The molecule has 0 spiro atoms. The van der Waals surface area contributed by atoms with Crippen LogP contribution in [0.1, 0.15) is 32.8 Å². The number of Topliss-reactive ketones (excluding diaryl/α,β-unsaturated/α-hetero) is 1. The predicted molar refractivity (Wildman–Crippen MR) is 82.3 cm³/mol. The third-order valence-electron chi connectivity index (χ3n) is 3.83. The number of aromatic hydroxyl groups is 1. The Labute approximate surface area is 125 Å². The van der Waals surface area contributed by atoms with Gasteiger partial charge in [-0.3, -0.25) is 4.79 Å². The molecule has 1 aliphatic carbocycles. The topological polar surface area (TPSA) is 61.1 Å². The van der Waals surface area contributed by atoms with Gasteiger partial charge in [0.1, 0.15) is 11.8 Å². The average Bonchev–Trinajstić information content (AvgIpc) is 2.42. The zero-order valence-electron chi connectivity index (χ0n) is 12.6. The fourth-order valence-corrected chi connectivity index (χ4v) is 2.91.